The fourth-order valence-electron chi connectivity index (χ4n) is 0.752. The van der Waals surface area contributed by atoms with Crippen molar-refractivity contribution in [2.75, 3.05) is 0 Å². The highest BCUT2D eigenvalue weighted by atomic mass is 35.6. The number of halogens is 12. The minimum Gasteiger partial charge on any atom is -0.0874 e. The third kappa shape index (κ3) is 108. The highest BCUT2D eigenvalue weighted by Crippen LogP contribution is 2.31. The molecule has 0 amide bonds. The topological polar surface area (TPSA) is 0 Å². The molecule has 0 aliphatic heterocycles. The first-order chi connectivity index (χ1) is 9.76. The molecular weight excluding hydrogens is 546 g/mol. The third-order valence-electron chi connectivity index (χ3n) is 1.31. The van der Waals surface area contributed by atoms with Crippen LogP contribution in [-0.2, 0) is 0 Å². The van der Waals surface area contributed by atoms with Crippen molar-refractivity contribution >= 4 is 139 Å². The van der Waals surface area contributed by atoms with Crippen LogP contribution in [0.3, 0.4) is 0 Å². The maximum absolute atomic E-state index is 5.54. The molecule has 0 radical (unpaired) electrons. The van der Waals surface area contributed by atoms with Gasteiger partial charge >= 0.3 is 0 Å². The molecule has 0 aromatic carbocycles. The van der Waals surface area contributed by atoms with E-state index >= 15 is 0 Å². The normalized spacial score (nSPS) is 10.4. The van der Waals surface area contributed by atoms with Crippen molar-refractivity contribution < 1.29 is 0 Å². The number of alkyl halides is 12. The van der Waals surface area contributed by atoms with E-state index in [0.29, 0.717) is 6.42 Å². The summed E-state index contributed by atoms with van der Waals surface area (Å²) in [6.07, 6.45) is 5.33. The monoisotopic (exact) mass is 556 g/mol. The predicted molar refractivity (Wildman–Crippen MR) is 113 cm³/mol. The van der Waals surface area contributed by atoms with Crippen molar-refractivity contribution in [1.82, 2.24) is 0 Å². The van der Waals surface area contributed by atoms with E-state index in [1.807, 2.05) is 0 Å². The van der Waals surface area contributed by atoms with E-state index in [2.05, 4.69) is 6.92 Å². The van der Waals surface area contributed by atoms with E-state index in [0.717, 1.165) is 6.42 Å². The molecule has 0 rings (SSSR count). The first-order valence-electron chi connectivity index (χ1n) is 5.59. The Morgan fingerprint density at radius 3 is 1.05 bits per heavy atom. The predicted octanol–water partition coefficient (Wildman–Crippen LogP) is 10.3. The molecule has 0 aromatic rings. The fraction of sp³-hybridized carbons (Fsp3) is 1.00. The molecule has 12 heteroatoms. The Kier molecular flexibility index (Phi) is 36.8. The number of unbranched alkanes of at least 4 members (excludes halogenated alkanes) is 3. The quantitative estimate of drug-likeness (QED) is 0.237. The van der Waals surface area contributed by atoms with Gasteiger partial charge in [-0.15, -0.1) is 0 Å². The van der Waals surface area contributed by atoms with Crippen LogP contribution in [0.1, 0.15) is 39.0 Å². The van der Waals surface area contributed by atoms with Crippen LogP contribution < -0.4 is 0 Å². The van der Waals surface area contributed by atoms with E-state index in [1.54, 1.807) is 0 Å². The lowest BCUT2D eigenvalue weighted by Gasteiger charge is -2.08. The lowest BCUT2D eigenvalue weighted by atomic mass is 10.2. The van der Waals surface area contributed by atoms with Crippen molar-refractivity contribution in [2.45, 2.75) is 55.7 Å². The lowest BCUT2D eigenvalue weighted by Crippen LogP contribution is -2.00. The summed E-state index contributed by atoms with van der Waals surface area (Å²) in [6, 6.07) is 0. The Bertz CT molecular complexity index is 157. The van der Waals surface area contributed by atoms with Gasteiger partial charge in [-0.1, -0.05) is 165 Å². The Labute approximate surface area is 193 Å². The van der Waals surface area contributed by atoms with Crippen LogP contribution in [-0.4, -0.2) is 16.7 Å². The standard InChI is InChI=1S/C7H13Cl3.3CHCl3/c1-2-3-4-5-6-7(8,9)10;3*2-1(3)4/h2-6H2,1H3;3*1H. The molecule has 0 heterocycles. The molecule has 0 fully saturated rings. The van der Waals surface area contributed by atoms with Crippen LogP contribution in [0.15, 0.2) is 0 Å². The molecule has 22 heavy (non-hydrogen) atoms. The Hall–Kier alpha value is 3.48. The molecular formula is C10H16Cl12. The highest BCUT2D eigenvalue weighted by molar-refractivity contribution is 6.67. The molecule has 0 saturated carbocycles. The van der Waals surface area contributed by atoms with Crippen molar-refractivity contribution in [3.63, 3.8) is 0 Å². The van der Waals surface area contributed by atoms with Gasteiger partial charge in [0.15, 0.2) is 16.7 Å². The lowest BCUT2D eigenvalue weighted by molar-refractivity contribution is 0.639. The first-order valence-corrected chi connectivity index (χ1v) is 10.7. The van der Waals surface area contributed by atoms with Gasteiger partial charge in [0.25, 0.3) is 0 Å². The summed E-state index contributed by atoms with van der Waals surface area (Å²) in [5.74, 6) is 0. The molecule has 0 spiro atoms. The summed E-state index contributed by atoms with van der Waals surface area (Å²) in [7, 11) is 0. The molecule has 140 valence electrons. The molecule has 0 N–H and O–H groups in total. The maximum atomic E-state index is 5.54. The minimum atomic E-state index is -1.03. The summed E-state index contributed by atoms with van der Waals surface area (Å²) in [5, 5.41) is 0. The molecule has 0 saturated heterocycles. The van der Waals surface area contributed by atoms with Crippen LogP contribution in [0.2, 0.25) is 0 Å². The van der Waals surface area contributed by atoms with Gasteiger partial charge in [0.2, 0.25) is 0 Å². The smallest absolute Gasteiger partial charge is 0.0874 e. The second-order valence-electron chi connectivity index (χ2n) is 3.17. The van der Waals surface area contributed by atoms with Gasteiger partial charge in [0, 0.05) is 0 Å². The first kappa shape index (κ1) is 33.1. The molecule has 0 aromatic heterocycles. The van der Waals surface area contributed by atoms with E-state index in [1.165, 1.54) is 19.3 Å². The zero-order valence-corrected chi connectivity index (χ0v) is 20.4. The SMILES string of the molecule is CCCCCCC(Cl)(Cl)Cl.ClC(Cl)Cl.ClC(Cl)Cl.ClC(Cl)Cl. The zero-order valence-electron chi connectivity index (χ0n) is 11.3. The van der Waals surface area contributed by atoms with Crippen LogP contribution in [0.5, 0.6) is 0 Å². The summed E-state index contributed by atoms with van der Waals surface area (Å²) < 4.78 is -3.28. The van der Waals surface area contributed by atoms with Crippen molar-refractivity contribution in [3.8, 4) is 0 Å². The Balaban J connectivity index is -0.000000112. The highest BCUT2D eigenvalue weighted by Gasteiger charge is 2.17. The maximum Gasteiger partial charge on any atom is 0.190 e. The molecule has 0 aliphatic rings. The average molecular weight is 562 g/mol. The van der Waals surface area contributed by atoms with E-state index < -0.39 is 16.7 Å². The minimum absolute atomic E-state index is 0.678. The van der Waals surface area contributed by atoms with E-state index in [-0.39, 0.29) is 0 Å². The Morgan fingerprint density at radius 2 is 0.864 bits per heavy atom. The second-order valence-corrected chi connectivity index (χ2v) is 11.6. The van der Waals surface area contributed by atoms with Crippen LogP contribution in [0.4, 0.5) is 0 Å². The zero-order chi connectivity index (χ0) is 18.8. The fourth-order valence-corrected chi connectivity index (χ4v) is 1.15. The van der Waals surface area contributed by atoms with Gasteiger partial charge in [-0.05, 0) is 12.8 Å². The molecule has 0 aliphatic carbocycles. The number of hydrogen-bond acceptors (Lipinski definition) is 0. The molecule has 0 unspecified atom stereocenters. The molecule has 0 bridgehead atoms. The second kappa shape index (κ2) is 24.5. The van der Waals surface area contributed by atoms with Crippen molar-refractivity contribution in [3.05, 3.63) is 0 Å². The molecule has 0 atom stereocenters. The third-order valence-corrected chi connectivity index (χ3v) is 1.88. The van der Waals surface area contributed by atoms with Gasteiger partial charge in [0.05, 0.1) is 0 Å². The van der Waals surface area contributed by atoms with E-state index in [9.17, 15) is 0 Å². The van der Waals surface area contributed by atoms with Crippen LogP contribution >= 0.6 is 139 Å². The number of hydrogen-bond donors (Lipinski definition) is 0. The summed E-state index contributed by atoms with van der Waals surface area (Å²) in [6.45, 7) is 2.16. The van der Waals surface area contributed by atoms with Crippen LogP contribution in [0.25, 0.3) is 0 Å². The van der Waals surface area contributed by atoms with Crippen LogP contribution in [0, 0.1) is 0 Å². The van der Waals surface area contributed by atoms with Gasteiger partial charge in [-0.25, -0.2) is 0 Å². The van der Waals surface area contributed by atoms with Gasteiger partial charge in [-0.2, -0.15) is 0 Å². The molecule has 0 nitrogen and oxygen atoms in total. The Morgan fingerprint density at radius 1 is 0.591 bits per heavy atom. The summed E-state index contributed by atoms with van der Waals surface area (Å²) >= 11 is 59.9. The van der Waals surface area contributed by atoms with Crippen molar-refractivity contribution in [2.24, 2.45) is 0 Å². The van der Waals surface area contributed by atoms with E-state index in [4.69, 9.17) is 139 Å². The average Bonchev–Trinajstić information content (AvgIpc) is 2.20. The van der Waals surface area contributed by atoms with Gasteiger partial charge in [0.1, 0.15) is 0 Å². The summed E-state index contributed by atoms with van der Waals surface area (Å²) in [5.41, 5.74) is 0. The van der Waals surface area contributed by atoms with Gasteiger partial charge < -0.3 is 0 Å². The number of rotatable bonds is 4. The largest absolute Gasteiger partial charge is 0.190 e. The summed E-state index contributed by atoms with van der Waals surface area (Å²) in [4.78, 5) is 0. The van der Waals surface area contributed by atoms with Crippen molar-refractivity contribution in [1.29, 1.82) is 0 Å². The van der Waals surface area contributed by atoms with Gasteiger partial charge in [-0.3, -0.25) is 0 Å².